The van der Waals surface area contributed by atoms with Crippen LogP contribution in [0.25, 0.3) is 0 Å². The van der Waals surface area contributed by atoms with E-state index in [1.54, 1.807) is 24.4 Å². The molecule has 3 N–H and O–H groups in total. The molecule has 0 bridgehead atoms. The topological polar surface area (TPSA) is 63.8 Å². The van der Waals surface area contributed by atoms with Crippen LogP contribution in [0.5, 0.6) is 0 Å². The Morgan fingerprint density at radius 3 is 2.65 bits per heavy atom. The monoisotopic (exact) mass is 232 g/mol. The van der Waals surface area contributed by atoms with Crippen LogP contribution in [0, 0.1) is 5.82 Å². The number of hydrogen-bond donors (Lipinski definition) is 2. The van der Waals surface area contributed by atoms with E-state index in [-0.39, 0.29) is 5.82 Å². The summed E-state index contributed by atoms with van der Waals surface area (Å²) < 4.78 is 12.7. The van der Waals surface area contributed by atoms with Crippen LogP contribution in [0.1, 0.15) is 11.4 Å². The standard InChI is InChI=1S/C12H13FN4/c13-10-3-1-9(2-4-10)8-16-11-5-6-15-12(7-14)17-11/h1-6H,7-8,14H2,(H,15,16,17). The first kappa shape index (κ1) is 11.5. The van der Waals surface area contributed by atoms with Crippen molar-refractivity contribution in [1.29, 1.82) is 0 Å². The van der Waals surface area contributed by atoms with Crippen molar-refractivity contribution in [2.75, 3.05) is 5.32 Å². The minimum Gasteiger partial charge on any atom is -0.366 e. The number of nitrogens with two attached hydrogens (primary N) is 1. The number of halogens is 1. The SMILES string of the molecule is NCc1nccc(NCc2ccc(F)cc2)n1. The lowest BCUT2D eigenvalue weighted by atomic mass is 10.2. The maximum atomic E-state index is 12.7. The first-order valence-corrected chi connectivity index (χ1v) is 5.28. The van der Waals surface area contributed by atoms with Gasteiger partial charge in [-0.2, -0.15) is 0 Å². The number of anilines is 1. The molecule has 0 fully saturated rings. The lowest BCUT2D eigenvalue weighted by Gasteiger charge is -2.06. The molecular weight excluding hydrogens is 219 g/mol. The van der Waals surface area contributed by atoms with E-state index in [2.05, 4.69) is 15.3 Å². The molecule has 0 aliphatic carbocycles. The van der Waals surface area contributed by atoms with Crippen molar-refractivity contribution in [3.63, 3.8) is 0 Å². The zero-order valence-electron chi connectivity index (χ0n) is 9.23. The van der Waals surface area contributed by atoms with E-state index in [0.717, 1.165) is 5.56 Å². The lowest BCUT2D eigenvalue weighted by Crippen LogP contribution is -2.07. The molecule has 1 aromatic carbocycles. The number of nitrogens with zero attached hydrogens (tertiary/aromatic N) is 2. The molecule has 0 atom stereocenters. The fourth-order valence-corrected chi connectivity index (χ4v) is 1.39. The van der Waals surface area contributed by atoms with Crippen LogP contribution >= 0.6 is 0 Å². The summed E-state index contributed by atoms with van der Waals surface area (Å²) >= 11 is 0. The minimum atomic E-state index is -0.235. The number of aromatic nitrogens is 2. The van der Waals surface area contributed by atoms with Gasteiger partial charge in [-0.1, -0.05) is 12.1 Å². The number of benzene rings is 1. The maximum Gasteiger partial charge on any atom is 0.144 e. The molecule has 0 unspecified atom stereocenters. The molecule has 0 amide bonds. The van der Waals surface area contributed by atoms with Crippen molar-refractivity contribution < 1.29 is 4.39 Å². The highest BCUT2D eigenvalue weighted by molar-refractivity contribution is 5.34. The molecule has 1 aromatic heterocycles. The Kier molecular flexibility index (Phi) is 3.62. The van der Waals surface area contributed by atoms with Gasteiger partial charge in [-0.25, -0.2) is 14.4 Å². The van der Waals surface area contributed by atoms with E-state index < -0.39 is 0 Å². The van der Waals surface area contributed by atoms with E-state index in [1.807, 2.05) is 0 Å². The third kappa shape index (κ3) is 3.22. The van der Waals surface area contributed by atoms with Gasteiger partial charge in [0.05, 0.1) is 6.54 Å². The normalized spacial score (nSPS) is 10.2. The van der Waals surface area contributed by atoms with Gasteiger partial charge in [0.2, 0.25) is 0 Å². The quantitative estimate of drug-likeness (QED) is 0.842. The molecule has 0 saturated heterocycles. The zero-order valence-corrected chi connectivity index (χ0v) is 9.23. The molecule has 17 heavy (non-hydrogen) atoms. The Balaban J connectivity index is 1.99. The average molecular weight is 232 g/mol. The predicted octanol–water partition coefficient (Wildman–Crippen LogP) is 1.69. The highest BCUT2D eigenvalue weighted by Crippen LogP contribution is 2.07. The summed E-state index contributed by atoms with van der Waals surface area (Å²) in [5.74, 6) is 1.07. The molecule has 5 heteroatoms. The first-order chi connectivity index (χ1) is 8.28. The van der Waals surface area contributed by atoms with Crippen molar-refractivity contribution in [3.05, 3.63) is 53.7 Å². The van der Waals surface area contributed by atoms with E-state index in [9.17, 15) is 4.39 Å². The minimum absolute atomic E-state index is 0.235. The molecule has 0 saturated carbocycles. The van der Waals surface area contributed by atoms with Gasteiger partial charge in [0.25, 0.3) is 0 Å². The fraction of sp³-hybridized carbons (Fsp3) is 0.167. The van der Waals surface area contributed by atoms with Crippen LogP contribution in [-0.4, -0.2) is 9.97 Å². The van der Waals surface area contributed by atoms with Gasteiger partial charge >= 0.3 is 0 Å². The van der Waals surface area contributed by atoms with Crippen molar-refractivity contribution in [2.24, 2.45) is 5.73 Å². The smallest absolute Gasteiger partial charge is 0.144 e. The molecule has 4 nitrogen and oxygen atoms in total. The van der Waals surface area contributed by atoms with Crippen LogP contribution in [0.4, 0.5) is 10.2 Å². The van der Waals surface area contributed by atoms with Crippen LogP contribution in [0.3, 0.4) is 0 Å². The van der Waals surface area contributed by atoms with Gasteiger partial charge < -0.3 is 11.1 Å². The van der Waals surface area contributed by atoms with E-state index in [0.29, 0.717) is 24.7 Å². The summed E-state index contributed by atoms with van der Waals surface area (Å²) in [4.78, 5) is 8.20. The summed E-state index contributed by atoms with van der Waals surface area (Å²) in [6, 6.07) is 8.09. The van der Waals surface area contributed by atoms with Gasteiger partial charge in [-0.15, -0.1) is 0 Å². The Morgan fingerprint density at radius 1 is 1.18 bits per heavy atom. The average Bonchev–Trinajstić information content (AvgIpc) is 2.38. The first-order valence-electron chi connectivity index (χ1n) is 5.28. The molecular formula is C12H13FN4. The van der Waals surface area contributed by atoms with Crippen LogP contribution in [-0.2, 0) is 13.1 Å². The molecule has 88 valence electrons. The van der Waals surface area contributed by atoms with Crippen molar-refractivity contribution >= 4 is 5.82 Å². The highest BCUT2D eigenvalue weighted by atomic mass is 19.1. The highest BCUT2D eigenvalue weighted by Gasteiger charge is 1.98. The second-order valence-corrected chi connectivity index (χ2v) is 3.54. The third-order valence-corrected chi connectivity index (χ3v) is 2.27. The molecule has 0 aliphatic heterocycles. The number of nitrogens with one attached hydrogen (secondary N) is 1. The molecule has 2 aromatic rings. The van der Waals surface area contributed by atoms with Crippen molar-refractivity contribution in [3.8, 4) is 0 Å². The van der Waals surface area contributed by atoms with Gasteiger partial charge in [0, 0.05) is 12.7 Å². The molecule has 0 radical (unpaired) electrons. The van der Waals surface area contributed by atoms with E-state index in [4.69, 9.17) is 5.73 Å². The number of hydrogen-bond acceptors (Lipinski definition) is 4. The van der Waals surface area contributed by atoms with Crippen LogP contribution < -0.4 is 11.1 Å². The Morgan fingerprint density at radius 2 is 1.94 bits per heavy atom. The second-order valence-electron chi connectivity index (χ2n) is 3.54. The van der Waals surface area contributed by atoms with Crippen LogP contribution in [0.15, 0.2) is 36.5 Å². The van der Waals surface area contributed by atoms with E-state index >= 15 is 0 Å². The second kappa shape index (κ2) is 5.36. The van der Waals surface area contributed by atoms with Crippen LogP contribution in [0.2, 0.25) is 0 Å². The fourth-order valence-electron chi connectivity index (χ4n) is 1.39. The van der Waals surface area contributed by atoms with Crippen molar-refractivity contribution in [2.45, 2.75) is 13.1 Å². The predicted molar refractivity (Wildman–Crippen MR) is 63.7 cm³/mol. The number of rotatable bonds is 4. The molecule has 0 aliphatic rings. The molecule has 1 heterocycles. The van der Waals surface area contributed by atoms with Gasteiger partial charge in [0.15, 0.2) is 0 Å². The Labute approximate surface area is 98.7 Å². The summed E-state index contributed by atoms with van der Waals surface area (Å²) in [6.07, 6.45) is 1.65. The van der Waals surface area contributed by atoms with Gasteiger partial charge in [-0.05, 0) is 23.8 Å². The summed E-state index contributed by atoms with van der Waals surface area (Å²) in [7, 11) is 0. The van der Waals surface area contributed by atoms with Gasteiger partial charge in [-0.3, -0.25) is 0 Å². The van der Waals surface area contributed by atoms with Gasteiger partial charge in [0.1, 0.15) is 17.5 Å². The third-order valence-electron chi connectivity index (χ3n) is 2.27. The summed E-state index contributed by atoms with van der Waals surface area (Å²) in [5, 5.41) is 3.13. The molecule has 0 spiro atoms. The molecule has 2 rings (SSSR count). The Bertz CT molecular complexity index is 484. The summed E-state index contributed by atoms with van der Waals surface area (Å²) in [5.41, 5.74) is 6.43. The zero-order chi connectivity index (χ0) is 12.1. The maximum absolute atomic E-state index is 12.7. The lowest BCUT2D eigenvalue weighted by molar-refractivity contribution is 0.627. The van der Waals surface area contributed by atoms with Crippen molar-refractivity contribution in [1.82, 2.24) is 9.97 Å². The Hall–Kier alpha value is -2.01. The van der Waals surface area contributed by atoms with E-state index in [1.165, 1.54) is 12.1 Å². The largest absolute Gasteiger partial charge is 0.366 e. The summed E-state index contributed by atoms with van der Waals surface area (Å²) in [6.45, 7) is 0.896.